The number of likely N-dealkylation sites (tertiary alicyclic amines) is 1. The van der Waals surface area contributed by atoms with Crippen molar-refractivity contribution in [1.82, 2.24) is 10.2 Å². The Bertz CT molecular complexity index is 864. The van der Waals surface area contributed by atoms with E-state index >= 15 is 0 Å². The molecule has 0 aliphatic carbocycles. The van der Waals surface area contributed by atoms with Gasteiger partial charge in [-0.3, -0.25) is 4.79 Å². The summed E-state index contributed by atoms with van der Waals surface area (Å²) in [4.78, 5) is 19.0. The molecule has 7 heteroatoms. The van der Waals surface area contributed by atoms with Crippen LogP contribution >= 0.6 is 24.0 Å². The van der Waals surface area contributed by atoms with Crippen molar-refractivity contribution >= 4 is 46.7 Å². The zero-order valence-electron chi connectivity index (χ0n) is 18.0. The van der Waals surface area contributed by atoms with E-state index < -0.39 is 0 Å². The largest absolute Gasteiger partial charge is 0.497 e. The van der Waals surface area contributed by atoms with Crippen LogP contribution in [0.25, 0.3) is 10.8 Å². The zero-order valence-corrected chi connectivity index (χ0v) is 20.3. The number of carbonyl (C=O) groups is 1. The predicted octanol–water partition coefficient (Wildman–Crippen LogP) is 4.21. The van der Waals surface area contributed by atoms with Gasteiger partial charge in [0.25, 0.3) is 0 Å². The lowest BCUT2D eigenvalue weighted by Crippen LogP contribution is -2.46. The third kappa shape index (κ3) is 6.23. The smallest absolute Gasteiger partial charge is 0.309 e. The fourth-order valence-electron chi connectivity index (χ4n) is 3.68. The number of hydrogen-bond acceptors (Lipinski definition) is 4. The van der Waals surface area contributed by atoms with Crippen LogP contribution in [0.15, 0.2) is 41.4 Å². The molecule has 0 amide bonds. The summed E-state index contributed by atoms with van der Waals surface area (Å²) in [7, 11) is 1.68. The quantitative estimate of drug-likeness (QED) is 0.265. The van der Waals surface area contributed by atoms with Gasteiger partial charge < -0.3 is 19.7 Å². The van der Waals surface area contributed by atoms with E-state index in [1.165, 1.54) is 10.9 Å². The van der Waals surface area contributed by atoms with E-state index in [-0.39, 0.29) is 35.9 Å². The van der Waals surface area contributed by atoms with E-state index in [0.29, 0.717) is 13.2 Å². The number of halogens is 1. The summed E-state index contributed by atoms with van der Waals surface area (Å²) in [5.41, 5.74) is 1.17. The number of piperidine rings is 1. The average molecular weight is 525 g/mol. The lowest BCUT2D eigenvalue weighted by Gasteiger charge is -2.33. The fraction of sp³-hybridized carbons (Fsp3) is 0.478. The maximum Gasteiger partial charge on any atom is 0.309 e. The molecule has 1 aliphatic rings. The van der Waals surface area contributed by atoms with Crippen molar-refractivity contribution in [2.24, 2.45) is 10.9 Å². The molecule has 30 heavy (non-hydrogen) atoms. The SMILES string of the molecule is CCNC(=NCc1ccc2cc(OC)ccc2c1)N1CCC(C(=O)OCC)CC1.I. The summed E-state index contributed by atoms with van der Waals surface area (Å²) in [6.07, 6.45) is 1.61. The molecule has 1 fully saturated rings. The first kappa shape index (κ1) is 24.2. The van der Waals surface area contributed by atoms with Crippen LogP contribution in [-0.4, -0.2) is 50.2 Å². The fourth-order valence-corrected chi connectivity index (χ4v) is 3.68. The third-order valence-electron chi connectivity index (χ3n) is 5.27. The van der Waals surface area contributed by atoms with E-state index in [1.807, 2.05) is 19.1 Å². The molecule has 0 unspecified atom stereocenters. The molecule has 3 rings (SSSR count). The second-order valence-electron chi connectivity index (χ2n) is 7.23. The number of aliphatic imine (C=N–C) groups is 1. The number of nitrogens with one attached hydrogen (secondary N) is 1. The topological polar surface area (TPSA) is 63.2 Å². The monoisotopic (exact) mass is 525 g/mol. The van der Waals surface area contributed by atoms with Crippen molar-refractivity contribution in [2.45, 2.75) is 33.2 Å². The summed E-state index contributed by atoms with van der Waals surface area (Å²) in [5.74, 6) is 1.71. The Kier molecular flexibility index (Phi) is 9.68. The standard InChI is InChI=1S/C23H31N3O3.HI/c1-4-24-23(26-12-10-18(11-13-26)22(27)29-5-2)25-16-17-6-7-20-15-21(28-3)9-8-19(20)14-17;/h6-9,14-15,18H,4-5,10-13,16H2,1-3H3,(H,24,25);1H. The third-order valence-corrected chi connectivity index (χ3v) is 5.27. The van der Waals surface area contributed by atoms with Crippen molar-refractivity contribution < 1.29 is 14.3 Å². The van der Waals surface area contributed by atoms with E-state index in [4.69, 9.17) is 14.5 Å². The summed E-state index contributed by atoms with van der Waals surface area (Å²) in [6, 6.07) is 12.5. The minimum Gasteiger partial charge on any atom is -0.497 e. The lowest BCUT2D eigenvalue weighted by molar-refractivity contribution is -0.149. The van der Waals surface area contributed by atoms with Crippen LogP contribution in [0.1, 0.15) is 32.3 Å². The molecule has 1 aliphatic heterocycles. The number of benzene rings is 2. The molecule has 0 radical (unpaired) electrons. The zero-order chi connectivity index (χ0) is 20.6. The van der Waals surface area contributed by atoms with E-state index in [2.05, 4.69) is 41.4 Å². The van der Waals surface area contributed by atoms with Crippen LogP contribution in [0.3, 0.4) is 0 Å². The Morgan fingerprint density at radius 1 is 1.13 bits per heavy atom. The van der Waals surface area contributed by atoms with Gasteiger partial charge in [-0.2, -0.15) is 0 Å². The average Bonchev–Trinajstić information content (AvgIpc) is 2.76. The molecule has 1 heterocycles. The van der Waals surface area contributed by atoms with Crippen molar-refractivity contribution in [2.75, 3.05) is 33.4 Å². The summed E-state index contributed by atoms with van der Waals surface area (Å²) in [6.45, 7) is 7.42. The molecule has 2 aromatic rings. The highest BCUT2D eigenvalue weighted by atomic mass is 127. The molecule has 0 atom stereocenters. The molecular formula is C23H32IN3O3. The summed E-state index contributed by atoms with van der Waals surface area (Å²) < 4.78 is 10.5. The second-order valence-corrected chi connectivity index (χ2v) is 7.23. The van der Waals surface area contributed by atoms with Gasteiger partial charge in [0.15, 0.2) is 5.96 Å². The Hall–Kier alpha value is -2.03. The van der Waals surface area contributed by atoms with Crippen LogP contribution < -0.4 is 10.1 Å². The number of fused-ring (bicyclic) bond motifs is 1. The van der Waals surface area contributed by atoms with E-state index in [0.717, 1.165) is 49.6 Å². The molecule has 0 bridgehead atoms. The maximum atomic E-state index is 12.0. The predicted molar refractivity (Wildman–Crippen MR) is 132 cm³/mol. The van der Waals surface area contributed by atoms with Crippen LogP contribution in [0.4, 0.5) is 0 Å². The number of hydrogen-bond donors (Lipinski definition) is 1. The Morgan fingerprint density at radius 3 is 2.50 bits per heavy atom. The van der Waals surface area contributed by atoms with Gasteiger partial charge in [0, 0.05) is 19.6 Å². The summed E-state index contributed by atoms with van der Waals surface area (Å²) >= 11 is 0. The minimum absolute atomic E-state index is 0. The van der Waals surface area contributed by atoms with Crippen LogP contribution in [0, 0.1) is 5.92 Å². The molecule has 164 valence electrons. The molecular weight excluding hydrogens is 493 g/mol. The first-order chi connectivity index (χ1) is 14.1. The highest BCUT2D eigenvalue weighted by Gasteiger charge is 2.27. The molecule has 1 saturated heterocycles. The molecule has 0 spiro atoms. The number of rotatable bonds is 6. The van der Waals surface area contributed by atoms with Gasteiger partial charge in [-0.1, -0.05) is 18.2 Å². The number of carbonyl (C=O) groups excluding carboxylic acids is 1. The highest BCUT2D eigenvalue weighted by molar-refractivity contribution is 14.0. The maximum absolute atomic E-state index is 12.0. The summed E-state index contributed by atoms with van der Waals surface area (Å²) in [5, 5.41) is 5.72. The molecule has 0 aromatic heterocycles. The van der Waals surface area contributed by atoms with Crippen LogP contribution in [0.5, 0.6) is 5.75 Å². The molecule has 2 aromatic carbocycles. The highest BCUT2D eigenvalue weighted by Crippen LogP contribution is 2.23. The van der Waals surface area contributed by atoms with E-state index in [1.54, 1.807) is 7.11 Å². The molecule has 0 saturated carbocycles. The van der Waals surface area contributed by atoms with Gasteiger partial charge >= 0.3 is 5.97 Å². The Labute approximate surface area is 196 Å². The van der Waals surface area contributed by atoms with Gasteiger partial charge in [0.1, 0.15) is 5.75 Å². The number of guanidine groups is 1. The van der Waals surface area contributed by atoms with Gasteiger partial charge in [0.2, 0.25) is 0 Å². The number of methoxy groups -OCH3 is 1. The van der Waals surface area contributed by atoms with Gasteiger partial charge in [-0.15, -0.1) is 24.0 Å². The first-order valence-electron chi connectivity index (χ1n) is 10.4. The van der Waals surface area contributed by atoms with Crippen molar-refractivity contribution in [3.8, 4) is 5.75 Å². The number of esters is 1. The van der Waals surface area contributed by atoms with Gasteiger partial charge in [0.05, 0.1) is 26.2 Å². The van der Waals surface area contributed by atoms with Gasteiger partial charge in [-0.25, -0.2) is 4.99 Å². The second kappa shape index (κ2) is 12.0. The first-order valence-corrected chi connectivity index (χ1v) is 10.4. The van der Waals surface area contributed by atoms with Crippen molar-refractivity contribution in [3.63, 3.8) is 0 Å². The van der Waals surface area contributed by atoms with Crippen LogP contribution in [0.2, 0.25) is 0 Å². The van der Waals surface area contributed by atoms with Crippen LogP contribution in [-0.2, 0) is 16.1 Å². The molecule has 6 nitrogen and oxygen atoms in total. The molecule has 1 N–H and O–H groups in total. The Balaban J connectivity index is 0.00000320. The number of ether oxygens (including phenoxy) is 2. The normalized spacial score (nSPS) is 14.9. The lowest BCUT2D eigenvalue weighted by atomic mass is 9.97. The van der Waals surface area contributed by atoms with E-state index in [9.17, 15) is 4.79 Å². The van der Waals surface area contributed by atoms with Crippen molar-refractivity contribution in [1.29, 1.82) is 0 Å². The number of nitrogens with zero attached hydrogens (tertiary/aromatic N) is 2. The van der Waals surface area contributed by atoms with Gasteiger partial charge in [-0.05, 0) is 61.2 Å². The Morgan fingerprint density at radius 2 is 1.83 bits per heavy atom. The minimum atomic E-state index is -0.0677. The van der Waals surface area contributed by atoms with Crippen molar-refractivity contribution in [3.05, 3.63) is 42.0 Å².